The zero-order valence-electron chi connectivity index (χ0n) is 7.18. The molecule has 11 heavy (non-hydrogen) atoms. The van der Waals surface area contributed by atoms with Gasteiger partial charge in [0.25, 0.3) is 0 Å². The second kappa shape index (κ2) is 5.92. The molecule has 3 nitrogen and oxygen atoms in total. The van der Waals surface area contributed by atoms with Crippen molar-refractivity contribution in [3.63, 3.8) is 0 Å². The van der Waals surface area contributed by atoms with Crippen LogP contribution in [0.4, 0.5) is 0 Å². The first kappa shape index (κ1) is 10.2. The van der Waals surface area contributed by atoms with E-state index in [4.69, 9.17) is 5.73 Å². The van der Waals surface area contributed by atoms with Gasteiger partial charge in [-0.1, -0.05) is 6.08 Å². The smallest absolute Gasteiger partial charge is 0.246 e. The number of carbonyl (C=O) groups is 1. The molecule has 0 saturated carbocycles. The van der Waals surface area contributed by atoms with Gasteiger partial charge in [-0.25, -0.2) is 0 Å². The zero-order chi connectivity index (χ0) is 8.69. The number of likely N-dealkylation sites (N-methyl/N-ethyl adjacent to an activating group) is 1. The third-order valence-corrected chi connectivity index (χ3v) is 1.44. The average molecular weight is 156 g/mol. The van der Waals surface area contributed by atoms with Crippen molar-refractivity contribution in [1.29, 1.82) is 0 Å². The highest BCUT2D eigenvalue weighted by Crippen LogP contribution is 1.96. The van der Waals surface area contributed by atoms with Crippen LogP contribution in [0.15, 0.2) is 11.6 Å². The number of nitrogens with one attached hydrogen (secondary N) is 1. The van der Waals surface area contributed by atoms with Crippen molar-refractivity contribution in [2.45, 2.75) is 19.8 Å². The molecule has 0 aliphatic carbocycles. The molecule has 0 radical (unpaired) electrons. The Morgan fingerprint density at radius 3 is 2.73 bits per heavy atom. The number of hydrogen-bond donors (Lipinski definition) is 2. The fourth-order valence-corrected chi connectivity index (χ4v) is 0.726. The number of rotatable bonds is 4. The van der Waals surface area contributed by atoms with E-state index in [1.165, 1.54) is 0 Å². The lowest BCUT2D eigenvalue weighted by Crippen LogP contribution is -2.18. The molecule has 0 aliphatic heterocycles. The highest BCUT2D eigenvalue weighted by Gasteiger charge is 1.97. The molecule has 0 fully saturated rings. The van der Waals surface area contributed by atoms with Gasteiger partial charge in [-0.05, 0) is 26.3 Å². The van der Waals surface area contributed by atoms with E-state index in [0.29, 0.717) is 6.54 Å². The lowest BCUT2D eigenvalue weighted by Gasteiger charge is -1.97. The molecule has 0 unspecified atom stereocenters. The third-order valence-electron chi connectivity index (χ3n) is 1.44. The third kappa shape index (κ3) is 4.56. The number of unbranched alkanes of at least 4 members (excludes halogenated alkanes) is 1. The largest absolute Gasteiger partial charge is 0.355 e. The van der Waals surface area contributed by atoms with Gasteiger partial charge in [0, 0.05) is 12.6 Å². The monoisotopic (exact) mass is 156 g/mol. The molecule has 0 saturated heterocycles. The quantitative estimate of drug-likeness (QED) is 0.458. The van der Waals surface area contributed by atoms with Crippen molar-refractivity contribution in [2.75, 3.05) is 13.6 Å². The molecule has 0 aliphatic rings. The summed E-state index contributed by atoms with van der Waals surface area (Å²) in [5.74, 6) is -0.0120. The van der Waals surface area contributed by atoms with Crippen molar-refractivity contribution < 1.29 is 4.79 Å². The van der Waals surface area contributed by atoms with E-state index in [0.717, 1.165) is 18.4 Å². The molecule has 3 N–H and O–H groups in total. The van der Waals surface area contributed by atoms with E-state index in [1.807, 2.05) is 6.08 Å². The van der Waals surface area contributed by atoms with Crippen LogP contribution in [0.1, 0.15) is 19.8 Å². The van der Waals surface area contributed by atoms with E-state index in [2.05, 4.69) is 5.32 Å². The SMILES string of the molecule is CNC(=O)C(C)=CCCCN. The zero-order valence-corrected chi connectivity index (χ0v) is 7.18. The van der Waals surface area contributed by atoms with Gasteiger partial charge >= 0.3 is 0 Å². The van der Waals surface area contributed by atoms with Crippen LogP contribution in [-0.2, 0) is 4.79 Å². The Morgan fingerprint density at radius 2 is 2.27 bits per heavy atom. The van der Waals surface area contributed by atoms with Gasteiger partial charge in [0.05, 0.1) is 0 Å². The molecule has 0 heterocycles. The summed E-state index contributed by atoms with van der Waals surface area (Å²) in [7, 11) is 1.63. The van der Waals surface area contributed by atoms with Crippen LogP contribution in [0.25, 0.3) is 0 Å². The van der Waals surface area contributed by atoms with Crippen LogP contribution in [0, 0.1) is 0 Å². The van der Waals surface area contributed by atoms with Crippen molar-refractivity contribution in [1.82, 2.24) is 5.32 Å². The molecule has 0 spiro atoms. The second-order valence-corrected chi connectivity index (χ2v) is 2.40. The summed E-state index contributed by atoms with van der Waals surface area (Å²) in [6.45, 7) is 2.48. The Hall–Kier alpha value is -0.830. The lowest BCUT2D eigenvalue weighted by molar-refractivity contribution is -0.117. The lowest BCUT2D eigenvalue weighted by atomic mass is 10.2. The second-order valence-electron chi connectivity index (χ2n) is 2.40. The van der Waals surface area contributed by atoms with Gasteiger partial charge in [-0.2, -0.15) is 0 Å². The minimum atomic E-state index is -0.0120. The van der Waals surface area contributed by atoms with E-state index in [1.54, 1.807) is 14.0 Å². The molecule has 64 valence electrons. The van der Waals surface area contributed by atoms with Crippen molar-refractivity contribution in [3.8, 4) is 0 Å². The summed E-state index contributed by atoms with van der Waals surface area (Å²) in [5.41, 5.74) is 6.06. The predicted octanol–water partition coefficient (Wildman–Crippen LogP) is 0.418. The molecule has 0 aromatic rings. The molecule has 0 aromatic carbocycles. The Morgan fingerprint density at radius 1 is 1.64 bits per heavy atom. The number of carbonyl (C=O) groups excluding carboxylic acids is 1. The first-order valence-electron chi connectivity index (χ1n) is 3.81. The summed E-state index contributed by atoms with van der Waals surface area (Å²) in [5, 5.41) is 2.55. The Labute approximate surface area is 67.7 Å². The minimum Gasteiger partial charge on any atom is -0.355 e. The van der Waals surface area contributed by atoms with E-state index < -0.39 is 0 Å². The van der Waals surface area contributed by atoms with Crippen molar-refractivity contribution in [3.05, 3.63) is 11.6 Å². The van der Waals surface area contributed by atoms with Crippen LogP contribution in [0.5, 0.6) is 0 Å². The molecular weight excluding hydrogens is 140 g/mol. The highest BCUT2D eigenvalue weighted by atomic mass is 16.1. The average Bonchev–Trinajstić information content (AvgIpc) is 2.03. The maximum Gasteiger partial charge on any atom is 0.246 e. The minimum absolute atomic E-state index is 0.0120. The van der Waals surface area contributed by atoms with Gasteiger partial charge in [0.15, 0.2) is 0 Å². The van der Waals surface area contributed by atoms with Crippen molar-refractivity contribution in [2.24, 2.45) is 5.73 Å². The summed E-state index contributed by atoms with van der Waals surface area (Å²) >= 11 is 0. The maximum absolute atomic E-state index is 10.9. The number of nitrogens with two attached hydrogens (primary N) is 1. The number of allylic oxidation sites excluding steroid dienone is 1. The molecule has 0 aromatic heterocycles. The Bertz CT molecular complexity index is 152. The van der Waals surface area contributed by atoms with Crippen LogP contribution in [-0.4, -0.2) is 19.5 Å². The Kier molecular flexibility index (Phi) is 5.47. The Balaban J connectivity index is 3.71. The highest BCUT2D eigenvalue weighted by molar-refractivity contribution is 5.92. The standard InChI is InChI=1S/C8H16N2O/c1-7(8(11)10-2)5-3-4-6-9/h5H,3-4,6,9H2,1-2H3,(H,10,11). The topological polar surface area (TPSA) is 55.1 Å². The van der Waals surface area contributed by atoms with Gasteiger partial charge in [-0.15, -0.1) is 0 Å². The molecule has 3 heteroatoms. The molecule has 0 bridgehead atoms. The summed E-state index contributed by atoms with van der Waals surface area (Å²) in [6.07, 6.45) is 3.73. The molecule has 1 amide bonds. The predicted molar refractivity (Wildman–Crippen MR) is 46.1 cm³/mol. The van der Waals surface area contributed by atoms with Crippen molar-refractivity contribution >= 4 is 5.91 Å². The van der Waals surface area contributed by atoms with E-state index >= 15 is 0 Å². The van der Waals surface area contributed by atoms with E-state index in [9.17, 15) is 4.79 Å². The van der Waals surface area contributed by atoms with Crippen LogP contribution in [0.3, 0.4) is 0 Å². The van der Waals surface area contributed by atoms with Crippen LogP contribution < -0.4 is 11.1 Å². The maximum atomic E-state index is 10.9. The first-order valence-corrected chi connectivity index (χ1v) is 3.81. The summed E-state index contributed by atoms with van der Waals surface area (Å²) < 4.78 is 0. The summed E-state index contributed by atoms with van der Waals surface area (Å²) in [4.78, 5) is 10.9. The fourth-order valence-electron chi connectivity index (χ4n) is 0.726. The van der Waals surface area contributed by atoms with Crippen LogP contribution in [0.2, 0.25) is 0 Å². The normalized spacial score (nSPS) is 11.4. The van der Waals surface area contributed by atoms with Gasteiger partial charge in [0.2, 0.25) is 5.91 Å². The molecule has 0 atom stereocenters. The van der Waals surface area contributed by atoms with E-state index in [-0.39, 0.29) is 5.91 Å². The van der Waals surface area contributed by atoms with Crippen LogP contribution >= 0.6 is 0 Å². The van der Waals surface area contributed by atoms with Gasteiger partial charge < -0.3 is 11.1 Å². The van der Waals surface area contributed by atoms with Gasteiger partial charge in [-0.3, -0.25) is 4.79 Å². The summed E-state index contributed by atoms with van der Waals surface area (Å²) in [6, 6.07) is 0. The molecule has 0 rings (SSSR count). The first-order chi connectivity index (χ1) is 5.22. The molecular formula is C8H16N2O. The fraction of sp³-hybridized carbons (Fsp3) is 0.625. The van der Waals surface area contributed by atoms with Gasteiger partial charge in [0.1, 0.15) is 0 Å². The number of amides is 1. The number of hydrogen-bond acceptors (Lipinski definition) is 2.